The molecule has 0 bridgehead atoms. The minimum absolute atomic E-state index is 0. The number of carboxylic acid groups (broad SMARTS) is 1. The van der Waals surface area contributed by atoms with Gasteiger partial charge in [0.1, 0.15) is 0 Å². The van der Waals surface area contributed by atoms with Crippen molar-refractivity contribution in [2.45, 2.75) is 4.90 Å². The Labute approximate surface area is 187 Å². The standard InChI is InChI=1S/C21H14N2O6S.Mn/c24-19-11-18(21(25)26)16-3-1-2-4-17(16)20(19)23-22-14-7-5-13-10-15(30(27,28)29)8-6-12(13)9-14;/h1-11,24H,(H,25,26)(H,27,28,29);/q;+2/p-2. The summed E-state index contributed by atoms with van der Waals surface area (Å²) in [6, 6.07) is 16.3. The number of aromatic carboxylic acids is 1. The van der Waals surface area contributed by atoms with Crippen LogP contribution in [0.15, 0.2) is 81.9 Å². The maximum Gasteiger partial charge on any atom is 2.00 e. The number of hydrogen-bond acceptors (Lipinski definition) is 7. The second-order valence-electron chi connectivity index (χ2n) is 6.47. The molecule has 0 aliphatic carbocycles. The zero-order chi connectivity index (χ0) is 21.5. The largest absolute Gasteiger partial charge is 2.00 e. The SMILES string of the molecule is O=C([O-])c1cc([O-])c(N=Nc2ccc3cc(S(=O)(=O)O)ccc3c2)c2ccccc12.[Mn+2]. The van der Waals surface area contributed by atoms with Crippen LogP contribution in [0.1, 0.15) is 10.4 Å². The molecule has 0 aliphatic heterocycles. The van der Waals surface area contributed by atoms with Crippen LogP contribution >= 0.6 is 0 Å². The van der Waals surface area contributed by atoms with Gasteiger partial charge in [-0.05, 0) is 40.4 Å². The van der Waals surface area contributed by atoms with Crippen molar-refractivity contribution in [1.29, 1.82) is 0 Å². The van der Waals surface area contributed by atoms with Crippen LogP contribution in [-0.2, 0) is 27.2 Å². The van der Waals surface area contributed by atoms with Gasteiger partial charge < -0.3 is 15.0 Å². The predicted octanol–water partition coefficient (Wildman–Crippen LogP) is 3.09. The molecule has 0 fully saturated rings. The number of fused-ring (bicyclic) bond motifs is 2. The van der Waals surface area contributed by atoms with Gasteiger partial charge in [0.15, 0.2) is 0 Å². The third kappa shape index (κ3) is 4.42. The fourth-order valence-electron chi connectivity index (χ4n) is 3.15. The monoisotopic (exact) mass is 475 g/mol. The van der Waals surface area contributed by atoms with Crippen molar-refractivity contribution in [3.8, 4) is 5.75 Å². The van der Waals surface area contributed by atoms with Crippen molar-refractivity contribution in [2.75, 3.05) is 0 Å². The molecule has 0 atom stereocenters. The summed E-state index contributed by atoms with van der Waals surface area (Å²) in [4.78, 5) is 11.1. The molecule has 155 valence electrons. The van der Waals surface area contributed by atoms with Crippen LogP contribution in [-0.4, -0.2) is 18.9 Å². The molecule has 0 saturated carbocycles. The van der Waals surface area contributed by atoms with Crippen LogP contribution in [0.25, 0.3) is 21.5 Å². The Morgan fingerprint density at radius 3 is 2.19 bits per heavy atom. The van der Waals surface area contributed by atoms with E-state index in [0.717, 1.165) is 6.07 Å². The molecule has 0 amide bonds. The molecule has 4 aromatic rings. The van der Waals surface area contributed by atoms with Gasteiger partial charge in [-0.25, -0.2) is 0 Å². The van der Waals surface area contributed by atoms with Crippen molar-refractivity contribution in [3.63, 3.8) is 0 Å². The summed E-state index contributed by atoms with van der Waals surface area (Å²) in [5, 5.41) is 33.7. The summed E-state index contributed by atoms with van der Waals surface area (Å²) in [5.74, 6) is -2.05. The number of carboxylic acids is 1. The molecular formula is C21H12MnN2O6S. The molecule has 0 saturated heterocycles. The van der Waals surface area contributed by atoms with E-state index < -0.39 is 21.8 Å². The first-order chi connectivity index (χ1) is 14.2. The number of azo groups is 1. The normalized spacial score (nSPS) is 11.6. The third-order valence-corrected chi connectivity index (χ3v) is 5.41. The number of benzene rings is 4. The Kier molecular flexibility index (Phi) is 6.10. The van der Waals surface area contributed by atoms with Crippen LogP contribution in [0, 0.1) is 0 Å². The predicted molar refractivity (Wildman–Crippen MR) is 106 cm³/mol. The molecule has 10 heteroatoms. The molecule has 1 radical (unpaired) electrons. The van der Waals surface area contributed by atoms with Gasteiger partial charge in [0.2, 0.25) is 0 Å². The molecule has 4 aromatic carbocycles. The average Bonchev–Trinajstić information content (AvgIpc) is 2.71. The minimum atomic E-state index is -4.31. The van der Waals surface area contributed by atoms with E-state index in [0.29, 0.717) is 27.2 Å². The van der Waals surface area contributed by atoms with Gasteiger partial charge in [-0.15, -0.1) is 0 Å². The molecule has 8 nitrogen and oxygen atoms in total. The number of nitrogens with zero attached hydrogens (tertiary/aromatic N) is 2. The second kappa shape index (κ2) is 8.44. The van der Waals surface area contributed by atoms with Gasteiger partial charge in [-0.3, -0.25) is 4.55 Å². The Morgan fingerprint density at radius 1 is 0.871 bits per heavy atom. The van der Waals surface area contributed by atoms with Crippen molar-refractivity contribution >= 4 is 49.0 Å². The summed E-state index contributed by atoms with van der Waals surface area (Å²) in [5.41, 5.74) is 0.182. The summed E-state index contributed by atoms with van der Waals surface area (Å²) < 4.78 is 31.7. The van der Waals surface area contributed by atoms with Crippen LogP contribution in [0.3, 0.4) is 0 Å². The van der Waals surface area contributed by atoms with Crippen molar-refractivity contribution in [2.24, 2.45) is 10.2 Å². The number of carbonyl (C=O) groups is 1. The summed E-state index contributed by atoms with van der Waals surface area (Å²) >= 11 is 0. The molecular weight excluding hydrogens is 463 g/mol. The molecule has 4 rings (SSSR count). The van der Waals surface area contributed by atoms with E-state index in [2.05, 4.69) is 10.2 Å². The Balaban J connectivity index is 0.00000272. The van der Waals surface area contributed by atoms with Crippen molar-refractivity contribution < 1.29 is 45.0 Å². The minimum Gasteiger partial charge on any atom is -0.871 e. The Hall–Kier alpha value is -3.30. The molecule has 31 heavy (non-hydrogen) atoms. The van der Waals surface area contributed by atoms with Gasteiger partial charge in [-0.2, -0.15) is 18.6 Å². The zero-order valence-electron chi connectivity index (χ0n) is 15.5. The van der Waals surface area contributed by atoms with E-state index in [1.54, 1.807) is 42.5 Å². The zero-order valence-corrected chi connectivity index (χ0v) is 17.5. The van der Waals surface area contributed by atoms with Gasteiger partial charge in [0.25, 0.3) is 10.1 Å². The van der Waals surface area contributed by atoms with E-state index >= 15 is 0 Å². The summed E-state index contributed by atoms with van der Waals surface area (Å²) in [6.07, 6.45) is 0. The van der Waals surface area contributed by atoms with Crippen molar-refractivity contribution in [1.82, 2.24) is 0 Å². The first-order valence-electron chi connectivity index (χ1n) is 8.61. The molecule has 0 spiro atoms. The fourth-order valence-corrected chi connectivity index (χ4v) is 3.66. The number of carbonyl (C=O) groups excluding carboxylic acids is 1. The third-order valence-electron chi connectivity index (χ3n) is 4.56. The quantitative estimate of drug-likeness (QED) is 0.273. The summed E-state index contributed by atoms with van der Waals surface area (Å²) in [6.45, 7) is 0. The van der Waals surface area contributed by atoms with Gasteiger partial charge in [0.05, 0.1) is 22.2 Å². The van der Waals surface area contributed by atoms with Gasteiger partial charge in [0, 0.05) is 10.9 Å². The number of rotatable bonds is 4. The van der Waals surface area contributed by atoms with Gasteiger partial charge >= 0.3 is 17.1 Å². The molecule has 1 N–H and O–H groups in total. The summed E-state index contributed by atoms with van der Waals surface area (Å²) in [7, 11) is -4.31. The van der Waals surface area contributed by atoms with Crippen molar-refractivity contribution in [3.05, 3.63) is 72.3 Å². The molecule has 0 aliphatic rings. The van der Waals surface area contributed by atoms with Crippen LogP contribution in [0.5, 0.6) is 5.75 Å². The topological polar surface area (TPSA) is 142 Å². The molecule has 0 heterocycles. The van der Waals surface area contributed by atoms with E-state index in [4.69, 9.17) is 4.55 Å². The molecule has 0 aromatic heterocycles. The van der Waals surface area contributed by atoms with E-state index in [1.807, 2.05) is 0 Å². The Morgan fingerprint density at radius 2 is 1.52 bits per heavy atom. The van der Waals surface area contributed by atoms with Crippen LogP contribution < -0.4 is 10.2 Å². The van der Waals surface area contributed by atoms with Gasteiger partial charge in [-0.1, -0.05) is 48.2 Å². The second-order valence-corrected chi connectivity index (χ2v) is 7.89. The van der Waals surface area contributed by atoms with E-state index in [9.17, 15) is 23.4 Å². The maximum absolute atomic E-state index is 12.4. The fraction of sp³-hybridized carbons (Fsp3) is 0. The average molecular weight is 475 g/mol. The first-order valence-corrected chi connectivity index (χ1v) is 10.1. The van der Waals surface area contributed by atoms with Crippen LogP contribution in [0.2, 0.25) is 0 Å². The van der Waals surface area contributed by atoms with E-state index in [-0.39, 0.29) is 33.2 Å². The number of hydrogen-bond donors (Lipinski definition) is 1. The molecule has 0 unspecified atom stereocenters. The maximum atomic E-state index is 12.4. The smallest absolute Gasteiger partial charge is 0.871 e. The van der Waals surface area contributed by atoms with Crippen LogP contribution in [0.4, 0.5) is 11.4 Å². The Bertz CT molecular complexity index is 1470. The van der Waals surface area contributed by atoms with E-state index in [1.165, 1.54) is 18.2 Å². The first kappa shape index (κ1) is 22.4.